The number of aromatic nitrogens is 1. The molecule has 0 radical (unpaired) electrons. The van der Waals surface area contributed by atoms with Gasteiger partial charge in [0.15, 0.2) is 0 Å². The maximum Gasteiger partial charge on any atom is 0.335 e. The number of urea groups is 1. The molecule has 28 heavy (non-hydrogen) atoms. The summed E-state index contributed by atoms with van der Waals surface area (Å²) in [5.41, 5.74) is 1.15. The van der Waals surface area contributed by atoms with Crippen molar-refractivity contribution >= 4 is 28.2 Å². The zero-order valence-corrected chi connectivity index (χ0v) is 15.7. The van der Waals surface area contributed by atoms with Crippen LogP contribution in [0.3, 0.4) is 0 Å². The summed E-state index contributed by atoms with van der Waals surface area (Å²) >= 11 is 0. The molecular formula is C22H20N4O2. The van der Waals surface area contributed by atoms with Crippen LogP contribution in [0.25, 0.3) is 15.6 Å². The second kappa shape index (κ2) is 6.63. The normalized spacial score (nSPS) is 17.2. The first kappa shape index (κ1) is 18.0. The number of benzene rings is 2. The molecule has 0 spiro atoms. The Bertz CT molecular complexity index is 1070. The lowest BCUT2D eigenvalue weighted by Crippen LogP contribution is -2.34. The van der Waals surface area contributed by atoms with Gasteiger partial charge in [0.2, 0.25) is 0 Å². The summed E-state index contributed by atoms with van der Waals surface area (Å²) in [6.45, 7) is 11.3. The summed E-state index contributed by atoms with van der Waals surface area (Å²) in [7, 11) is 0. The van der Waals surface area contributed by atoms with Crippen LogP contribution in [0.1, 0.15) is 19.4 Å². The zero-order chi connectivity index (χ0) is 19.9. The van der Waals surface area contributed by atoms with Gasteiger partial charge < -0.3 is 5.11 Å². The van der Waals surface area contributed by atoms with Crippen LogP contribution in [0, 0.1) is 6.57 Å². The zero-order valence-electron chi connectivity index (χ0n) is 15.7. The van der Waals surface area contributed by atoms with Crippen molar-refractivity contribution in [2.24, 2.45) is 0 Å². The van der Waals surface area contributed by atoms with Crippen LogP contribution in [-0.4, -0.2) is 28.8 Å². The van der Waals surface area contributed by atoms with E-state index in [-0.39, 0.29) is 12.6 Å². The molecule has 2 aromatic carbocycles. The first-order valence-electron chi connectivity index (χ1n) is 9.03. The maximum atomic E-state index is 13.2. The average Bonchev–Trinajstić information content (AvgIpc) is 3.03. The predicted octanol–water partition coefficient (Wildman–Crippen LogP) is 4.15. The van der Waals surface area contributed by atoms with Crippen LogP contribution in [0.15, 0.2) is 60.9 Å². The number of carbonyl (C=O) groups excluding carboxylic acids is 1. The largest absolute Gasteiger partial charge is 0.386 e. The minimum absolute atomic E-state index is 0.254. The lowest BCUT2D eigenvalue weighted by molar-refractivity contribution is 0.0786. The van der Waals surface area contributed by atoms with E-state index in [2.05, 4.69) is 9.83 Å². The summed E-state index contributed by atoms with van der Waals surface area (Å²) in [4.78, 5) is 24.3. The molecule has 1 aliphatic heterocycles. The van der Waals surface area contributed by atoms with E-state index in [4.69, 9.17) is 6.57 Å². The van der Waals surface area contributed by atoms with Crippen molar-refractivity contribution in [1.82, 2.24) is 4.98 Å². The molecule has 1 atom stereocenters. The highest BCUT2D eigenvalue weighted by atomic mass is 16.3. The number of aliphatic hydroxyl groups is 1. The Kier molecular flexibility index (Phi) is 4.25. The van der Waals surface area contributed by atoms with Gasteiger partial charge in [-0.15, -0.1) is 0 Å². The number of anilines is 2. The molecule has 2 amide bonds. The highest BCUT2D eigenvalue weighted by Crippen LogP contribution is 2.34. The topological polar surface area (TPSA) is 61.0 Å². The molecule has 6 nitrogen and oxygen atoms in total. The van der Waals surface area contributed by atoms with E-state index in [9.17, 15) is 9.90 Å². The fraction of sp³-hybridized carbons (Fsp3) is 0.227. The number of hydrogen-bond donors (Lipinski definition) is 1. The van der Waals surface area contributed by atoms with Gasteiger partial charge in [-0.05, 0) is 31.5 Å². The molecule has 1 N–H and O–H groups in total. The molecule has 1 aromatic heterocycles. The highest BCUT2D eigenvalue weighted by Gasteiger charge is 2.44. The Labute approximate surface area is 163 Å². The van der Waals surface area contributed by atoms with Gasteiger partial charge in [0.1, 0.15) is 6.54 Å². The molecule has 2 heterocycles. The number of carbonyl (C=O) groups is 1. The average molecular weight is 372 g/mol. The Balaban J connectivity index is 1.73. The number of rotatable bonds is 3. The molecule has 4 rings (SSSR count). The molecule has 140 valence electrons. The van der Waals surface area contributed by atoms with Crippen LogP contribution < -0.4 is 9.80 Å². The third-order valence-corrected chi connectivity index (χ3v) is 5.02. The van der Waals surface area contributed by atoms with Crippen LogP contribution in [0.5, 0.6) is 0 Å². The number of fused-ring (bicyclic) bond motifs is 1. The van der Waals surface area contributed by atoms with Gasteiger partial charge in [-0.1, -0.05) is 36.4 Å². The molecule has 1 saturated heterocycles. The van der Waals surface area contributed by atoms with Crippen molar-refractivity contribution in [2.75, 3.05) is 16.3 Å². The van der Waals surface area contributed by atoms with Crippen LogP contribution in [-0.2, 0) is 5.60 Å². The van der Waals surface area contributed by atoms with Gasteiger partial charge in [-0.25, -0.2) is 16.3 Å². The number of nitrogens with zero attached hydrogens (tertiary/aromatic N) is 4. The minimum atomic E-state index is -0.951. The second-order valence-corrected chi connectivity index (χ2v) is 7.36. The molecule has 3 aromatic rings. The molecule has 6 heteroatoms. The van der Waals surface area contributed by atoms with Crippen molar-refractivity contribution in [2.45, 2.75) is 25.6 Å². The first-order valence-corrected chi connectivity index (χ1v) is 9.03. The van der Waals surface area contributed by atoms with Gasteiger partial charge in [0.25, 0.3) is 0 Å². The fourth-order valence-electron chi connectivity index (χ4n) is 3.50. The standard InChI is InChI=1S/C22H20N4O2/c1-22(2,28)16-8-10-17(11-9-16)25-14-20(23-3)26(21(25)27)19-13-24-12-15-6-4-5-7-18(15)19/h4-13,20,28H,14H2,1-2H3/t20-/m1/s1. The van der Waals surface area contributed by atoms with Gasteiger partial charge >= 0.3 is 12.2 Å². The molecule has 0 bridgehead atoms. The quantitative estimate of drug-likeness (QED) is 0.703. The van der Waals surface area contributed by atoms with Gasteiger partial charge in [-0.2, -0.15) is 0 Å². The lowest BCUT2D eigenvalue weighted by Gasteiger charge is -2.21. The predicted molar refractivity (Wildman–Crippen MR) is 109 cm³/mol. The molecule has 1 fully saturated rings. The summed E-state index contributed by atoms with van der Waals surface area (Å²) in [6, 6.07) is 14.7. The minimum Gasteiger partial charge on any atom is -0.386 e. The van der Waals surface area contributed by atoms with Crippen molar-refractivity contribution in [1.29, 1.82) is 0 Å². The second-order valence-electron chi connectivity index (χ2n) is 7.36. The monoisotopic (exact) mass is 372 g/mol. The number of pyridine rings is 1. The van der Waals surface area contributed by atoms with Crippen LogP contribution >= 0.6 is 0 Å². The van der Waals surface area contributed by atoms with Gasteiger partial charge in [0.05, 0.1) is 17.5 Å². The molecule has 0 unspecified atom stereocenters. The Hall–Kier alpha value is -3.43. The van der Waals surface area contributed by atoms with E-state index in [0.29, 0.717) is 11.4 Å². The maximum absolute atomic E-state index is 13.2. The van der Waals surface area contributed by atoms with Crippen molar-refractivity contribution in [3.63, 3.8) is 0 Å². The third-order valence-electron chi connectivity index (χ3n) is 5.02. The Morgan fingerprint density at radius 3 is 2.54 bits per heavy atom. The van der Waals surface area contributed by atoms with E-state index in [0.717, 1.165) is 16.3 Å². The smallest absolute Gasteiger partial charge is 0.335 e. The van der Waals surface area contributed by atoms with Crippen molar-refractivity contribution < 1.29 is 9.90 Å². The number of hydrogen-bond acceptors (Lipinski definition) is 3. The third kappa shape index (κ3) is 2.96. The van der Waals surface area contributed by atoms with E-state index in [1.165, 1.54) is 4.90 Å². The van der Waals surface area contributed by atoms with E-state index < -0.39 is 11.8 Å². The molecular weight excluding hydrogens is 352 g/mol. The molecule has 0 aliphatic carbocycles. The van der Waals surface area contributed by atoms with Gasteiger partial charge in [-0.3, -0.25) is 14.7 Å². The lowest BCUT2D eigenvalue weighted by atomic mass is 9.98. The van der Waals surface area contributed by atoms with E-state index in [1.807, 2.05) is 24.3 Å². The summed E-state index contributed by atoms with van der Waals surface area (Å²) < 4.78 is 0. The molecule has 0 saturated carbocycles. The first-order chi connectivity index (χ1) is 13.4. The van der Waals surface area contributed by atoms with Crippen LogP contribution in [0.4, 0.5) is 16.2 Å². The fourth-order valence-corrected chi connectivity index (χ4v) is 3.50. The van der Waals surface area contributed by atoms with E-state index in [1.54, 1.807) is 55.4 Å². The Morgan fingerprint density at radius 2 is 1.86 bits per heavy atom. The molecule has 1 aliphatic rings. The van der Waals surface area contributed by atoms with Crippen molar-refractivity contribution in [3.05, 3.63) is 77.9 Å². The number of amides is 2. The Morgan fingerprint density at radius 1 is 1.14 bits per heavy atom. The summed E-state index contributed by atoms with van der Waals surface area (Å²) in [6.07, 6.45) is 2.76. The van der Waals surface area contributed by atoms with Crippen molar-refractivity contribution in [3.8, 4) is 0 Å². The summed E-state index contributed by atoms with van der Waals surface area (Å²) in [5, 5.41) is 11.9. The summed E-state index contributed by atoms with van der Waals surface area (Å²) in [5.74, 6) is 0. The van der Waals surface area contributed by atoms with Gasteiger partial charge in [0, 0.05) is 22.7 Å². The highest BCUT2D eigenvalue weighted by molar-refractivity contribution is 6.11. The van der Waals surface area contributed by atoms with E-state index >= 15 is 0 Å². The van der Waals surface area contributed by atoms with Crippen LogP contribution in [0.2, 0.25) is 0 Å². The SMILES string of the molecule is [C-]#[N+][C@H]1CN(c2ccc(C(C)(C)O)cc2)C(=O)N1c1cncc2ccccc12.